The summed E-state index contributed by atoms with van der Waals surface area (Å²) in [5.74, 6) is 0.376. The Balaban J connectivity index is 1.64. The van der Waals surface area contributed by atoms with E-state index >= 15 is 0 Å². The summed E-state index contributed by atoms with van der Waals surface area (Å²) in [4.78, 5) is 11.9. The van der Waals surface area contributed by atoms with E-state index in [0.717, 1.165) is 41.6 Å². The third-order valence-electron chi connectivity index (χ3n) is 6.49. The van der Waals surface area contributed by atoms with Crippen LogP contribution in [0.4, 0.5) is 0 Å². The minimum absolute atomic E-state index is 0.0400. The van der Waals surface area contributed by atoms with Crippen molar-refractivity contribution in [2.75, 3.05) is 19.7 Å². The van der Waals surface area contributed by atoms with Gasteiger partial charge in [0.1, 0.15) is 24.4 Å². The van der Waals surface area contributed by atoms with Crippen molar-refractivity contribution in [1.29, 1.82) is 0 Å². The van der Waals surface area contributed by atoms with Gasteiger partial charge in [-0.25, -0.2) is 0 Å². The summed E-state index contributed by atoms with van der Waals surface area (Å²) < 4.78 is 11.3. The average molecular weight is 521 g/mol. The largest absolute Gasteiger partial charge is 0.443 e. The maximum absolute atomic E-state index is 11.9. The van der Waals surface area contributed by atoms with Gasteiger partial charge in [-0.05, 0) is 42.9 Å². The molecule has 3 rings (SSSR count). The smallest absolute Gasteiger partial charge is 0.238 e. The maximum Gasteiger partial charge on any atom is 0.238 e. The normalized spacial score (nSPS) is 23.8. The Labute approximate surface area is 217 Å². The molecule has 0 unspecified atom stereocenters. The molecule has 0 radical (unpaired) electrons. The summed E-state index contributed by atoms with van der Waals surface area (Å²) in [5, 5.41) is 50.0. The Morgan fingerprint density at radius 2 is 1.84 bits per heavy atom. The van der Waals surface area contributed by atoms with Crippen molar-refractivity contribution in [2.24, 2.45) is 5.73 Å². The van der Waals surface area contributed by atoms with Crippen LogP contribution in [0.5, 0.6) is 5.88 Å². The number of aliphatic hydroxyl groups excluding tert-OH is 4. The van der Waals surface area contributed by atoms with Crippen molar-refractivity contribution < 1.29 is 34.7 Å². The summed E-state index contributed by atoms with van der Waals surface area (Å²) >= 11 is 0. The van der Waals surface area contributed by atoms with Crippen LogP contribution in [0.2, 0.25) is 0 Å². The third kappa shape index (κ3) is 7.73. The van der Waals surface area contributed by atoms with Crippen LogP contribution in [0, 0.1) is 0 Å². The number of aryl methyl sites for hydroxylation is 1. The molecule has 0 saturated carbocycles. The Kier molecular flexibility index (Phi) is 10.9. The predicted octanol–water partition coefficient (Wildman–Crippen LogP) is 0.0903. The Morgan fingerprint density at radius 1 is 1.14 bits per heavy atom. The van der Waals surface area contributed by atoms with E-state index in [-0.39, 0.29) is 17.7 Å². The SMILES string of the molecule is CC(C)c1[nH]nc(O[C@@H]2O[C@H](CO)[C@@H](O)[C@H](O)[C@H]2O)c1Cc1ccc(CCCC(=O)NCCCN)cc1. The van der Waals surface area contributed by atoms with Crippen LogP contribution in [0.25, 0.3) is 0 Å². The van der Waals surface area contributed by atoms with Gasteiger partial charge >= 0.3 is 0 Å². The molecule has 0 bridgehead atoms. The molecule has 0 spiro atoms. The molecule has 11 heteroatoms. The van der Waals surface area contributed by atoms with E-state index in [0.29, 0.717) is 25.9 Å². The molecule has 1 aromatic carbocycles. The van der Waals surface area contributed by atoms with Crippen molar-refractivity contribution >= 4 is 5.91 Å². The van der Waals surface area contributed by atoms with Crippen molar-refractivity contribution in [3.8, 4) is 5.88 Å². The summed E-state index contributed by atoms with van der Waals surface area (Å²) in [7, 11) is 0. The third-order valence-corrected chi connectivity index (χ3v) is 6.49. The number of hydrogen-bond donors (Lipinski definition) is 7. The molecule has 1 amide bonds. The van der Waals surface area contributed by atoms with Crippen LogP contribution in [0.3, 0.4) is 0 Å². The van der Waals surface area contributed by atoms with Gasteiger partial charge in [0.25, 0.3) is 0 Å². The summed E-state index contributed by atoms with van der Waals surface area (Å²) in [6, 6.07) is 8.11. The van der Waals surface area contributed by atoms with Crippen LogP contribution < -0.4 is 15.8 Å². The zero-order valence-electron chi connectivity index (χ0n) is 21.5. The lowest BCUT2D eigenvalue weighted by molar-refractivity contribution is -0.278. The van der Waals surface area contributed by atoms with Gasteiger partial charge in [-0.2, -0.15) is 0 Å². The van der Waals surface area contributed by atoms with E-state index in [2.05, 4.69) is 15.5 Å². The lowest BCUT2D eigenvalue weighted by Crippen LogP contribution is -2.60. The van der Waals surface area contributed by atoms with Crippen molar-refractivity contribution in [1.82, 2.24) is 15.5 Å². The average Bonchev–Trinajstić information content (AvgIpc) is 3.27. The van der Waals surface area contributed by atoms with Gasteiger partial charge < -0.3 is 41.0 Å². The molecule has 0 aliphatic carbocycles. The predicted molar refractivity (Wildman–Crippen MR) is 136 cm³/mol. The van der Waals surface area contributed by atoms with Gasteiger partial charge in [-0.15, -0.1) is 5.10 Å². The van der Waals surface area contributed by atoms with Gasteiger partial charge in [-0.3, -0.25) is 9.89 Å². The Bertz CT molecular complexity index is 980. The first-order chi connectivity index (χ1) is 17.7. The number of aromatic nitrogens is 2. The lowest BCUT2D eigenvalue weighted by Gasteiger charge is -2.39. The minimum atomic E-state index is -1.53. The Morgan fingerprint density at radius 3 is 2.49 bits per heavy atom. The number of carbonyl (C=O) groups is 1. The molecule has 37 heavy (non-hydrogen) atoms. The fraction of sp³-hybridized carbons (Fsp3) is 0.615. The second-order valence-corrected chi connectivity index (χ2v) is 9.73. The standard InChI is InChI=1S/C26H40N4O7/c1-15(2)21-18(25(30-29-21)37-26-24(35)23(34)22(33)19(14-31)36-26)13-17-9-7-16(8-10-17)5-3-6-20(32)28-12-4-11-27/h7-10,15,19,22-24,26,31,33-35H,3-6,11-14,27H2,1-2H3,(H,28,32)(H,29,30)/t19-,22-,23+,24-,26+/m1/s1. The van der Waals surface area contributed by atoms with Gasteiger partial charge in [0.15, 0.2) is 0 Å². The number of aliphatic hydroxyl groups is 4. The first-order valence-corrected chi connectivity index (χ1v) is 12.8. The van der Waals surface area contributed by atoms with E-state index < -0.39 is 37.3 Å². The van der Waals surface area contributed by atoms with Crippen LogP contribution >= 0.6 is 0 Å². The number of H-pyrrole nitrogens is 1. The topological polar surface area (TPSA) is 183 Å². The Hall–Kier alpha value is -2.54. The zero-order valence-corrected chi connectivity index (χ0v) is 21.5. The number of rotatable bonds is 13. The number of nitrogens with one attached hydrogen (secondary N) is 2. The number of ether oxygens (including phenoxy) is 2. The van der Waals surface area contributed by atoms with Gasteiger partial charge in [-0.1, -0.05) is 38.1 Å². The molecule has 2 aromatic rings. The fourth-order valence-electron chi connectivity index (χ4n) is 4.28. The van der Waals surface area contributed by atoms with Gasteiger partial charge in [0, 0.05) is 30.6 Å². The first kappa shape index (κ1) is 29.0. The molecule has 1 aromatic heterocycles. The molecule has 1 saturated heterocycles. The molecular formula is C26H40N4O7. The van der Waals surface area contributed by atoms with Crippen molar-refractivity contribution in [3.63, 3.8) is 0 Å². The van der Waals surface area contributed by atoms with Crippen molar-refractivity contribution in [2.45, 2.75) is 82.6 Å². The number of hydrogen-bond acceptors (Lipinski definition) is 9. The highest BCUT2D eigenvalue weighted by Gasteiger charge is 2.45. The van der Waals surface area contributed by atoms with Crippen LogP contribution in [0.15, 0.2) is 24.3 Å². The quantitative estimate of drug-likeness (QED) is 0.180. The second kappa shape index (κ2) is 13.8. The zero-order chi connectivity index (χ0) is 26.9. The monoisotopic (exact) mass is 520 g/mol. The number of amides is 1. The van der Waals surface area contributed by atoms with Gasteiger partial charge in [0.05, 0.1) is 6.61 Å². The van der Waals surface area contributed by atoms with E-state index in [1.54, 1.807) is 0 Å². The molecule has 2 heterocycles. The molecule has 1 aliphatic rings. The molecular weight excluding hydrogens is 480 g/mol. The van der Waals surface area contributed by atoms with E-state index in [4.69, 9.17) is 15.2 Å². The second-order valence-electron chi connectivity index (χ2n) is 9.73. The molecule has 11 nitrogen and oxygen atoms in total. The number of carbonyl (C=O) groups excluding carboxylic acids is 1. The molecule has 8 N–H and O–H groups in total. The first-order valence-electron chi connectivity index (χ1n) is 12.8. The maximum atomic E-state index is 11.9. The summed E-state index contributed by atoms with van der Waals surface area (Å²) in [5.41, 5.74) is 9.24. The van der Waals surface area contributed by atoms with E-state index in [9.17, 15) is 25.2 Å². The molecule has 1 aliphatic heterocycles. The number of benzene rings is 1. The fourth-order valence-corrected chi connectivity index (χ4v) is 4.28. The van der Waals surface area contributed by atoms with Crippen LogP contribution in [-0.2, 0) is 22.4 Å². The number of nitrogens with two attached hydrogens (primary N) is 1. The highest BCUT2D eigenvalue weighted by molar-refractivity contribution is 5.75. The highest BCUT2D eigenvalue weighted by atomic mass is 16.7. The number of nitrogens with zero attached hydrogens (tertiary/aromatic N) is 1. The lowest BCUT2D eigenvalue weighted by atomic mass is 9.97. The minimum Gasteiger partial charge on any atom is -0.443 e. The van der Waals surface area contributed by atoms with Crippen LogP contribution in [0.1, 0.15) is 61.4 Å². The van der Waals surface area contributed by atoms with Gasteiger partial charge in [0.2, 0.25) is 18.1 Å². The number of aromatic amines is 1. The van der Waals surface area contributed by atoms with E-state index in [1.807, 2.05) is 38.1 Å². The van der Waals surface area contributed by atoms with E-state index in [1.165, 1.54) is 0 Å². The van der Waals surface area contributed by atoms with Crippen LogP contribution in [-0.4, -0.2) is 86.9 Å². The molecule has 5 atom stereocenters. The highest BCUT2D eigenvalue weighted by Crippen LogP contribution is 2.31. The molecule has 1 fully saturated rings. The van der Waals surface area contributed by atoms with Crippen molar-refractivity contribution in [3.05, 3.63) is 46.6 Å². The molecule has 206 valence electrons. The summed E-state index contributed by atoms with van der Waals surface area (Å²) in [6.07, 6.45) is -3.61. The summed E-state index contributed by atoms with van der Waals surface area (Å²) in [6.45, 7) is 4.67.